The van der Waals surface area contributed by atoms with E-state index in [0.717, 1.165) is 10.0 Å². The molecule has 0 spiro atoms. The molecule has 11 heteroatoms. The van der Waals surface area contributed by atoms with Gasteiger partial charge in [-0.2, -0.15) is 0 Å². The van der Waals surface area contributed by atoms with Crippen molar-refractivity contribution >= 4 is 45.7 Å². The summed E-state index contributed by atoms with van der Waals surface area (Å²) < 4.78 is 12.2. The predicted octanol–water partition coefficient (Wildman–Crippen LogP) is 2.88. The summed E-state index contributed by atoms with van der Waals surface area (Å²) in [7, 11) is 0. The molecular formula is C23H23N5O4S2. The molecule has 2 aliphatic rings. The number of aromatic nitrogens is 2. The van der Waals surface area contributed by atoms with Gasteiger partial charge in [0, 0.05) is 31.9 Å². The second-order valence-corrected chi connectivity index (χ2v) is 9.92. The van der Waals surface area contributed by atoms with Crippen LogP contribution < -0.4 is 14.8 Å². The Morgan fingerprint density at radius 3 is 2.47 bits per heavy atom. The van der Waals surface area contributed by atoms with Crippen molar-refractivity contribution in [3.8, 4) is 11.5 Å². The molecule has 176 valence electrons. The lowest BCUT2D eigenvalue weighted by atomic mass is 10.2. The van der Waals surface area contributed by atoms with Crippen molar-refractivity contribution < 1.29 is 19.1 Å². The van der Waals surface area contributed by atoms with Crippen molar-refractivity contribution in [1.82, 2.24) is 20.0 Å². The lowest BCUT2D eigenvalue weighted by Gasteiger charge is -2.37. The molecule has 1 fully saturated rings. The SMILES string of the molecule is O=C(CSc1nnc(Nc2ccccc2)s1)N1CCN(C(=O)C2COc3ccccc3O2)CC1. The van der Waals surface area contributed by atoms with Crippen LogP contribution in [0.3, 0.4) is 0 Å². The van der Waals surface area contributed by atoms with Crippen LogP contribution in [0.5, 0.6) is 11.5 Å². The summed E-state index contributed by atoms with van der Waals surface area (Å²) in [6.45, 7) is 2.12. The number of nitrogens with one attached hydrogen (secondary N) is 1. The maximum atomic E-state index is 12.9. The molecule has 1 N–H and O–H groups in total. The summed E-state index contributed by atoms with van der Waals surface area (Å²) in [5.41, 5.74) is 0.938. The van der Waals surface area contributed by atoms with Crippen molar-refractivity contribution in [1.29, 1.82) is 0 Å². The molecule has 2 aliphatic heterocycles. The first-order valence-corrected chi connectivity index (χ1v) is 12.7. The summed E-state index contributed by atoms with van der Waals surface area (Å²) in [6, 6.07) is 17.1. The van der Waals surface area contributed by atoms with E-state index in [1.807, 2.05) is 48.5 Å². The van der Waals surface area contributed by atoms with Gasteiger partial charge in [0.05, 0.1) is 5.75 Å². The van der Waals surface area contributed by atoms with E-state index >= 15 is 0 Å². The highest BCUT2D eigenvalue weighted by atomic mass is 32.2. The minimum absolute atomic E-state index is 0.0241. The van der Waals surface area contributed by atoms with Crippen molar-refractivity contribution in [2.45, 2.75) is 10.4 Å². The topological polar surface area (TPSA) is 96.9 Å². The third-order valence-electron chi connectivity index (χ3n) is 5.48. The molecule has 2 amide bonds. The van der Waals surface area contributed by atoms with E-state index in [1.54, 1.807) is 15.9 Å². The Morgan fingerprint density at radius 2 is 1.68 bits per heavy atom. The Hall–Kier alpha value is -3.31. The Kier molecular flexibility index (Phi) is 6.82. The highest BCUT2D eigenvalue weighted by Crippen LogP contribution is 2.31. The Morgan fingerprint density at radius 1 is 0.971 bits per heavy atom. The van der Waals surface area contributed by atoms with Gasteiger partial charge in [-0.25, -0.2) is 0 Å². The van der Waals surface area contributed by atoms with Crippen molar-refractivity contribution in [2.24, 2.45) is 0 Å². The van der Waals surface area contributed by atoms with Crippen LogP contribution in [0.2, 0.25) is 0 Å². The molecule has 3 aromatic rings. The number of anilines is 2. The highest BCUT2D eigenvalue weighted by Gasteiger charge is 2.33. The molecule has 5 rings (SSSR count). The minimum Gasteiger partial charge on any atom is -0.485 e. The molecule has 34 heavy (non-hydrogen) atoms. The van der Waals surface area contributed by atoms with Gasteiger partial charge in [-0.3, -0.25) is 9.59 Å². The number of carbonyl (C=O) groups excluding carboxylic acids is 2. The molecule has 1 atom stereocenters. The van der Waals surface area contributed by atoms with E-state index in [0.29, 0.717) is 42.8 Å². The number of rotatable bonds is 6. The zero-order valence-electron chi connectivity index (χ0n) is 18.3. The van der Waals surface area contributed by atoms with Crippen molar-refractivity contribution in [3.63, 3.8) is 0 Å². The number of hydrogen-bond acceptors (Lipinski definition) is 9. The smallest absolute Gasteiger partial charge is 0.267 e. The zero-order chi connectivity index (χ0) is 23.3. The number of piperazine rings is 1. The lowest BCUT2D eigenvalue weighted by Crippen LogP contribution is -2.55. The fourth-order valence-electron chi connectivity index (χ4n) is 3.70. The summed E-state index contributed by atoms with van der Waals surface area (Å²) in [4.78, 5) is 29.1. The van der Waals surface area contributed by atoms with Crippen LogP contribution >= 0.6 is 23.1 Å². The summed E-state index contributed by atoms with van der Waals surface area (Å²) in [5, 5.41) is 12.2. The second-order valence-electron chi connectivity index (χ2n) is 7.72. The molecule has 1 saturated heterocycles. The van der Waals surface area contributed by atoms with E-state index < -0.39 is 6.10 Å². The number of ether oxygens (including phenoxy) is 2. The first-order valence-electron chi connectivity index (χ1n) is 10.9. The molecule has 1 unspecified atom stereocenters. The number of benzene rings is 2. The molecule has 2 aromatic carbocycles. The Bertz CT molecular complexity index is 1150. The second kappa shape index (κ2) is 10.3. The molecular weight excluding hydrogens is 474 g/mol. The number of thioether (sulfide) groups is 1. The number of fused-ring (bicyclic) bond motifs is 1. The zero-order valence-corrected chi connectivity index (χ0v) is 19.9. The summed E-state index contributed by atoms with van der Waals surface area (Å²) >= 11 is 2.79. The summed E-state index contributed by atoms with van der Waals surface area (Å²) in [5.74, 6) is 1.43. The Labute approximate surface area is 205 Å². The molecule has 0 saturated carbocycles. The standard InChI is InChI=1S/C23H23N5O4S2/c29-20(15-33-23-26-25-22(34-23)24-16-6-2-1-3-7-16)27-10-12-28(13-11-27)21(30)19-14-31-17-8-4-5-9-18(17)32-19/h1-9,19H,10-15H2,(H,24,25). The lowest BCUT2D eigenvalue weighted by molar-refractivity contribution is -0.145. The average Bonchev–Trinajstić information content (AvgIpc) is 3.34. The molecule has 0 aliphatic carbocycles. The van der Waals surface area contributed by atoms with Crippen LogP contribution in [0.15, 0.2) is 58.9 Å². The quantitative estimate of drug-likeness (QED) is 0.520. The predicted molar refractivity (Wildman–Crippen MR) is 130 cm³/mol. The van der Waals surface area contributed by atoms with Gasteiger partial charge in [0.25, 0.3) is 5.91 Å². The summed E-state index contributed by atoms with van der Waals surface area (Å²) in [6.07, 6.45) is -0.663. The number of carbonyl (C=O) groups is 2. The number of amides is 2. The maximum Gasteiger partial charge on any atom is 0.267 e. The fourth-order valence-corrected chi connectivity index (χ4v) is 5.37. The number of para-hydroxylation sites is 3. The molecule has 3 heterocycles. The average molecular weight is 498 g/mol. The van der Waals surface area contributed by atoms with Gasteiger partial charge >= 0.3 is 0 Å². The van der Waals surface area contributed by atoms with Crippen LogP contribution in [0.4, 0.5) is 10.8 Å². The minimum atomic E-state index is -0.663. The van der Waals surface area contributed by atoms with Crippen LogP contribution in [-0.2, 0) is 9.59 Å². The van der Waals surface area contributed by atoms with Crippen LogP contribution in [0.25, 0.3) is 0 Å². The van der Waals surface area contributed by atoms with E-state index in [2.05, 4.69) is 15.5 Å². The van der Waals surface area contributed by atoms with Gasteiger partial charge in [-0.05, 0) is 24.3 Å². The van der Waals surface area contributed by atoms with Crippen LogP contribution in [0, 0.1) is 0 Å². The van der Waals surface area contributed by atoms with E-state index in [9.17, 15) is 9.59 Å². The molecule has 0 radical (unpaired) electrons. The molecule has 0 bridgehead atoms. The number of nitrogens with zero attached hydrogens (tertiary/aromatic N) is 4. The monoisotopic (exact) mass is 497 g/mol. The van der Waals surface area contributed by atoms with Gasteiger partial charge < -0.3 is 24.6 Å². The van der Waals surface area contributed by atoms with Gasteiger partial charge in [-0.15, -0.1) is 10.2 Å². The maximum absolute atomic E-state index is 12.9. The van der Waals surface area contributed by atoms with Crippen molar-refractivity contribution in [3.05, 3.63) is 54.6 Å². The first kappa shape index (κ1) is 22.5. The first-order chi connectivity index (χ1) is 16.7. The molecule has 9 nitrogen and oxygen atoms in total. The fraction of sp³-hybridized carbons (Fsp3) is 0.304. The number of hydrogen-bond donors (Lipinski definition) is 1. The van der Waals surface area contributed by atoms with Gasteiger partial charge in [0.1, 0.15) is 6.61 Å². The van der Waals surface area contributed by atoms with Gasteiger partial charge in [0.2, 0.25) is 17.1 Å². The third-order valence-corrected chi connectivity index (χ3v) is 7.44. The largest absolute Gasteiger partial charge is 0.485 e. The van der Waals surface area contributed by atoms with Gasteiger partial charge in [-0.1, -0.05) is 53.4 Å². The normalized spacial score (nSPS) is 17.4. The van der Waals surface area contributed by atoms with Crippen LogP contribution in [-0.4, -0.2) is 76.5 Å². The third kappa shape index (κ3) is 5.26. The van der Waals surface area contributed by atoms with E-state index in [1.165, 1.54) is 23.1 Å². The van der Waals surface area contributed by atoms with Crippen molar-refractivity contribution in [2.75, 3.05) is 43.9 Å². The highest BCUT2D eigenvalue weighted by molar-refractivity contribution is 8.01. The molecule has 1 aromatic heterocycles. The Balaban J connectivity index is 1.07. The van der Waals surface area contributed by atoms with Crippen LogP contribution in [0.1, 0.15) is 0 Å². The van der Waals surface area contributed by atoms with Gasteiger partial charge in [0.15, 0.2) is 15.8 Å². The van der Waals surface area contributed by atoms with E-state index in [-0.39, 0.29) is 24.2 Å². The van der Waals surface area contributed by atoms with E-state index in [4.69, 9.17) is 9.47 Å².